The third-order valence-electron chi connectivity index (χ3n) is 2.84. The van der Waals surface area contributed by atoms with Gasteiger partial charge >= 0.3 is 0 Å². The van der Waals surface area contributed by atoms with Gasteiger partial charge in [-0.15, -0.1) is 0 Å². The molecule has 0 radical (unpaired) electrons. The molecule has 0 aromatic heterocycles. The highest BCUT2D eigenvalue weighted by atomic mass is 35.5. The Hall–Kier alpha value is -0.800. The molecule has 1 aromatic carbocycles. The average molecular weight is 243 g/mol. The summed E-state index contributed by atoms with van der Waals surface area (Å²) >= 11 is 5.79. The van der Waals surface area contributed by atoms with Crippen molar-refractivity contribution < 1.29 is 4.39 Å². The molecule has 16 heavy (non-hydrogen) atoms. The summed E-state index contributed by atoms with van der Waals surface area (Å²) in [5.74, 6) is -0.318. The lowest BCUT2D eigenvalue weighted by molar-refractivity contribution is 0.351. The zero-order valence-electron chi connectivity index (χ0n) is 9.56. The minimum atomic E-state index is -0.318. The first-order chi connectivity index (χ1) is 7.49. The first kappa shape index (κ1) is 11.7. The molecule has 1 fully saturated rings. The Balaban J connectivity index is 2.27. The molecular formula is C12H16ClFN2. The van der Waals surface area contributed by atoms with Crippen LogP contribution in [0.3, 0.4) is 0 Å². The van der Waals surface area contributed by atoms with Crippen LogP contribution < -0.4 is 10.2 Å². The molecular weight excluding hydrogens is 227 g/mol. The van der Waals surface area contributed by atoms with E-state index < -0.39 is 0 Å². The number of rotatable bonds is 1. The lowest BCUT2D eigenvalue weighted by atomic mass is 10.0. The van der Waals surface area contributed by atoms with E-state index in [1.807, 2.05) is 4.90 Å². The molecule has 2 nitrogen and oxygen atoms in total. The molecule has 1 aromatic rings. The van der Waals surface area contributed by atoms with Gasteiger partial charge in [0, 0.05) is 25.2 Å². The van der Waals surface area contributed by atoms with Gasteiger partial charge in [-0.25, -0.2) is 4.39 Å². The summed E-state index contributed by atoms with van der Waals surface area (Å²) < 4.78 is 13.8. The summed E-state index contributed by atoms with van der Waals surface area (Å²) in [5.41, 5.74) is 0.606. The van der Waals surface area contributed by atoms with Crippen LogP contribution in [0.1, 0.15) is 13.8 Å². The number of hydrogen-bond acceptors (Lipinski definition) is 2. The second-order valence-electron chi connectivity index (χ2n) is 4.81. The predicted octanol–water partition coefficient (Wildman–Crippen LogP) is 2.67. The van der Waals surface area contributed by atoms with Gasteiger partial charge < -0.3 is 10.2 Å². The molecule has 2 rings (SSSR count). The van der Waals surface area contributed by atoms with Crippen molar-refractivity contribution >= 4 is 17.3 Å². The van der Waals surface area contributed by atoms with E-state index in [4.69, 9.17) is 11.6 Å². The number of nitrogens with zero attached hydrogens (tertiary/aromatic N) is 1. The lowest BCUT2D eigenvalue weighted by Gasteiger charge is -2.40. The maximum Gasteiger partial charge on any atom is 0.165 e. The third kappa shape index (κ3) is 2.30. The van der Waals surface area contributed by atoms with Crippen molar-refractivity contribution in [3.63, 3.8) is 0 Å². The number of halogens is 2. The first-order valence-electron chi connectivity index (χ1n) is 5.44. The van der Waals surface area contributed by atoms with E-state index in [1.165, 1.54) is 0 Å². The zero-order valence-corrected chi connectivity index (χ0v) is 10.3. The van der Waals surface area contributed by atoms with E-state index >= 15 is 0 Å². The summed E-state index contributed by atoms with van der Waals surface area (Å²) in [6.07, 6.45) is 0. The molecule has 0 atom stereocenters. The fourth-order valence-electron chi connectivity index (χ4n) is 2.08. The maximum atomic E-state index is 13.8. The van der Waals surface area contributed by atoms with Gasteiger partial charge in [-0.05, 0) is 26.0 Å². The smallest absolute Gasteiger partial charge is 0.165 e. The highest BCUT2D eigenvalue weighted by molar-refractivity contribution is 6.31. The van der Waals surface area contributed by atoms with Crippen LogP contribution in [-0.4, -0.2) is 25.2 Å². The quantitative estimate of drug-likeness (QED) is 0.815. The Labute approximate surface area is 100 Å². The molecule has 0 aliphatic carbocycles. The van der Waals surface area contributed by atoms with E-state index in [2.05, 4.69) is 19.2 Å². The van der Waals surface area contributed by atoms with Crippen LogP contribution in [0.25, 0.3) is 0 Å². The molecule has 4 heteroatoms. The standard InChI is InChI=1S/C12H16ClFN2/c1-12(2)8-16(7-6-15-12)10-5-3-4-9(13)11(10)14/h3-5,15H,6-8H2,1-2H3. The largest absolute Gasteiger partial charge is 0.366 e. The molecule has 1 aliphatic rings. The van der Waals surface area contributed by atoms with Crippen molar-refractivity contribution in [1.29, 1.82) is 0 Å². The van der Waals surface area contributed by atoms with Crippen LogP contribution >= 0.6 is 11.6 Å². The summed E-state index contributed by atoms with van der Waals surface area (Å²) in [6.45, 7) is 6.67. The fourth-order valence-corrected chi connectivity index (χ4v) is 2.25. The van der Waals surface area contributed by atoms with Gasteiger partial charge in [0.2, 0.25) is 0 Å². The molecule has 0 unspecified atom stereocenters. The topological polar surface area (TPSA) is 15.3 Å². The average Bonchev–Trinajstić information content (AvgIpc) is 2.20. The Morgan fingerprint density at radius 2 is 2.19 bits per heavy atom. The van der Waals surface area contributed by atoms with Gasteiger partial charge in [-0.1, -0.05) is 17.7 Å². The molecule has 1 aliphatic heterocycles. The monoisotopic (exact) mass is 242 g/mol. The van der Waals surface area contributed by atoms with Gasteiger partial charge in [0.25, 0.3) is 0 Å². The van der Waals surface area contributed by atoms with Gasteiger partial charge in [0.15, 0.2) is 5.82 Å². The highest BCUT2D eigenvalue weighted by Gasteiger charge is 2.27. The predicted molar refractivity (Wildman–Crippen MR) is 65.7 cm³/mol. The lowest BCUT2D eigenvalue weighted by Crippen LogP contribution is -2.57. The minimum absolute atomic E-state index is 0.00695. The molecule has 1 heterocycles. The van der Waals surface area contributed by atoms with Gasteiger partial charge in [-0.2, -0.15) is 0 Å². The molecule has 88 valence electrons. The highest BCUT2D eigenvalue weighted by Crippen LogP contribution is 2.27. The van der Waals surface area contributed by atoms with Gasteiger partial charge in [0.05, 0.1) is 10.7 Å². The van der Waals surface area contributed by atoms with Gasteiger partial charge in [-0.3, -0.25) is 0 Å². The molecule has 0 spiro atoms. The van der Waals surface area contributed by atoms with Crippen molar-refractivity contribution in [2.75, 3.05) is 24.5 Å². The Kier molecular flexibility index (Phi) is 3.08. The molecule has 0 bridgehead atoms. The summed E-state index contributed by atoms with van der Waals surface area (Å²) in [6, 6.07) is 5.14. The second-order valence-corrected chi connectivity index (χ2v) is 5.21. The summed E-state index contributed by atoms with van der Waals surface area (Å²) in [5, 5.41) is 3.58. The Bertz CT molecular complexity index is 393. The molecule has 1 saturated heterocycles. The third-order valence-corrected chi connectivity index (χ3v) is 3.14. The fraction of sp³-hybridized carbons (Fsp3) is 0.500. The van der Waals surface area contributed by atoms with Crippen LogP contribution in [0, 0.1) is 5.82 Å². The Morgan fingerprint density at radius 1 is 1.44 bits per heavy atom. The van der Waals surface area contributed by atoms with Crippen LogP contribution in [0.5, 0.6) is 0 Å². The molecule has 1 N–H and O–H groups in total. The summed E-state index contributed by atoms with van der Waals surface area (Å²) in [7, 11) is 0. The van der Waals surface area contributed by atoms with E-state index in [0.29, 0.717) is 5.69 Å². The first-order valence-corrected chi connectivity index (χ1v) is 5.81. The van der Waals surface area contributed by atoms with Crippen LogP contribution in [0.2, 0.25) is 5.02 Å². The maximum absolute atomic E-state index is 13.8. The number of anilines is 1. The van der Waals surface area contributed by atoms with Crippen molar-refractivity contribution in [2.45, 2.75) is 19.4 Å². The van der Waals surface area contributed by atoms with E-state index in [9.17, 15) is 4.39 Å². The number of hydrogen-bond donors (Lipinski definition) is 1. The molecule has 0 amide bonds. The van der Waals surface area contributed by atoms with E-state index in [0.717, 1.165) is 19.6 Å². The van der Waals surface area contributed by atoms with Crippen molar-refractivity contribution in [2.24, 2.45) is 0 Å². The number of piperazine rings is 1. The number of benzene rings is 1. The van der Waals surface area contributed by atoms with E-state index in [-0.39, 0.29) is 16.4 Å². The second kappa shape index (κ2) is 4.22. The minimum Gasteiger partial charge on any atom is -0.366 e. The van der Waals surface area contributed by atoms with Crippen LogP contribution in [-0.2, 0) is 0 Å². The van der Waals surface area contributed by atoms with E-state index in [1.54, 1.807) is 18.2 Å². The summed E-state index contributed by atoms with van der Waals surface area (Å²) in [4.78, 5) is 2.04. The SMILES string of the molecule is CC1(C)CN(c2cccc(Cl)c2F)CCN1. The number of nitrogens with one attached hydrogen (secondary N) is 1. The van der Waals surface area contributed by atoms with Crippen LogP contribution in [0.4, 0.5) is 10.1 Å². The molecule has 0 saturated carbocycles. The van der Waals surface area contributed by atoms with Crippen LogP contribution in [0.15, 0.2) is 18.2 Å². The van der Waals surface area contributed by atoms with Crippen molar-refractivity contribution in [3.8, 4) is 0 Å². The normalized spacial score (nSPS) is 19.9. The Morgan fingerprint density at radius 3 is 2.88 bits per heavy atom. The zero-order chi connectivity index (χ0) is 11.8. The van der Waals surface area contributed by atoms with Gasteiger partial charge in [0.1, 0.15) is 0 Å². The van der Waals surface area contributed by atoms with Crippen molar-refractivity contribution in [3.05, 3.63) is 29.0 Å². The van der Waals surface area contributed by atoms with Crippen molar-refractivity contribution in [1.82, 2.24) is 5.32 Å².